The third-order valence-corrected chi connectivity index (χ3v) is 4.19. The van der Waals surface area contributed by atoms with Crippen molar-refractivity contribution >= 4 is 11.6 Å². The van der Waals surface area contributed by atoms with Crippen molar-refractivity contribution in [2.75, 3.05) is 7.05 Å². The summed E-state index contributed by atoms with van der Waals surface area (Å²) in [4.78, 5) is 0. The first kappa shape index (κ1) is 16.0. The van der Waals surface area contributed by atoms with Crippen LogP contribution in [0.2, 0.25) is 5.02 Å². The van der Waals surface area contributed by atoms with Gasteiger partial charge < -0.3 is 5.32 Å². The van der Waals surface area contributed by atoms with Crippen molar-refractivity contribution < 1.29 is 4.39 Å². The summed E-state index contributed by atoms with van der Waals surface area (Å²) in [6.45, 7) is 4.36. The average Bonchev–Trinajstić information content (AvgIpc) is 2.48. The van der Waals surface area contributed by atoms with Crippen LogP contribution in [-0.2, 0) is 6.42 Å². The van der Waals surface area contributed by atoms with E-state index in [4.69, 9.17) is 11.6 Å². The van der Waals surface area contributed by atoms with E-state index < -0.39 is 0 Å². The van der Waals surface area contributed by atoms with E-state index in [2.05, 4.69) is 43.4 Å². The Kier molecular flexibility index (Phi) is 5.38. The topological polar surface area (TPSA) is 12.0 Å². The van der Waals surface area contributed by atoms with Gasteiger partial charge in [-0.15, -0.1) is 0 Å². The molecule has 0 bridgehead atoms. The predicted molar refractivity (Wildman–Crippen MR) is 87.4 cm³/mol. The van der Waals surface area contributed by atoms with E-state index in [1.807, 2.05) is 13.1 Å². The molecule has 2 aromatic rings. The SMILES string of the molecule is CNC(Cc1ccc(C(C)C)cc1)c1cccc(F)c1Cl. The zero-order chi connectivity index (χ0) is 15.4. The molecule has 1 atom stereocenters. The van der Waals surface area contributed by atoms with Crippen molar-refractivity contribution in [3.63, 3.8) is 0 Å². The Morgan fingerprint density at radius 2 is 1.76 bits per heavy atom. The Labute approximate surface area is 131 Å². The molecule has 112 valence electrons. The van der Waals surface area contributed by atoms with Crippen LogP contribution in [0, 0.1) is 5.82 Å². The average molecular weight is 306 g/mol. The predicted octanol–water partition coefficient (Wildman–Crippen LogP) is 5.11. The minimum absolute atomic E-state index is 0.00176. The second-order valence-electron chi connectivity index (χ2n) is 5.58. The molecule has 2 rings (SSSR count). The summed E-state index contributed by atoms with van der Waals surface area (Å²) in [5.74, 6) is 0.154. The van der Waals surface area contributed by atoms with Crippen LogP contribution in [0.4, 0.5) is 4.39 Å². The summed E-state index contributed by atoms with van der Waals surface area (Å²) < 4.78 is 13.6. The van der Waals surface area contributed by atoms with Gasteiger partial charge in [0.05, 0.1) is 5.02 Å². The molecule has 0 radical (unpaired) electrons. The fraction of sp³-hybridized carbons (Fsp3) is 0.333. The van der Waals surface area contributed by atoms with Gasteiger partial charge in [-0.25, -0.2) is 4.39 Å². The fourth-order valence-corrected chi connectivity index (χ4v) is 2.69. The van der Waals surface area contributed by atoms with Crippen molar-refractivity contribution in [3.8, 4) is 0 Å². The first-order chi connectivity index (χ1) is 10.0. The van der Waals surface area contributed by atoms with Gasteiger partial charge >= 0.3 is 0 Å². The van der Waals surface area contributed by atoms with E-state index in [-0.39, 0.29) is 16.9 Å². The van der Waals surface area contributed by atoms with Gasteiger partial charge in [-0.05, 0) is 42.1 Å². The minimum atomic E-state index is -0.371. The molecule has 1 N–H and O–H groups in total. The van der Waals surface area contributed by atoms with Crippen LogP contribution in [0.1, 0.15) is 42.5 Å². The molecule has 0 saturated heterocycles. The molecule has 0 spiro atoms. The Morgan fingerprint density at radius 1 is 1.10 bits per heavy atom. The Morgan fingerprint density at radius 3 is 2.33 bits per heavy atom. The van der Waals surface area contributed by atoms with E-state index in [0.29, 0.717) is 5.92 Å². The standard InChI is InChI=1S/C18H21ClFN/c1-12(2)14-9-7-13(8-10-14)11-17(21-3)15-5-4-6-16(20)18(15)19/h4-10,12,17,21H,11H2,1-3H3. The molecule has 0 fully saturated rings. The maximum Gasteiger partial charge on any atom is 0.142 e. The van der Waals surface area contributed by atoms with Crippen LogP contribution in [0.15, 0.2) is 42.5 Å². The number of hydrogen-bond donors (Lipinski definition) is 1. The summed E-state index contributed by atoms with van der Waals surface area (Å²) >= 11 is 6.08. The van der Waals surface area contributed by atoms with E-state index in [1.165, 1.54) is 17.2 Å². The summed E-state index contributed by atoms with van der Waals surface area (Å²) in [6, 6.07) is 13.5. The number of halogens is 2. The number of rotatable bonds is 5. The summed E-state index contributed by atoms with van der Waals surface area (Å²) in [6.07, 6.45) is 0.776. The largest absolute Gasteiger partial charge is 0.313 e. The monoisotopic (exact) mass is 305 g/mol. The van der Waals surface area contributed by atoms with Gasteiger partial charge in [0.25, 0.3) is 0 Å². The molecule has 0 saturated carbocycles. The summed E-state index contributed by atoms with van der Waals surface area (Å²) in [7, 11) is 1.87. The first-order valence-electron chi connectivity index (χ1n) is 7.23. The molecule has 1 unspecified atom stereocenters. The number of nitrogens with one attached hydrogen (secondary N) is 1. The lowest BCUT2D eigenvalue weighted by atomic mass is 9.96. The van der Waals surface area contributed by atoms with E-state index in [0.717, 1.165) is 12.0 Å². The Balaban J connectivity index is 2.21. The summed E-state index contributed by atoms with van der Waals surface area (Å²) in [5, 5.41) is 3.43. The van der Waals surface area contributed by atoms with Crippen LogP contribution in [0.5, 0.6) is 0 Å². The molecule has 0 aliphatic heterocycles. The molecular weight excluding hydrogens is 285 g/mol. The number of hydrogen-bond acceptors (Lipinski definition) is 1. The molecule has 1 nitrogen and oxygen atoms in total. The maximum absolute atomic E-state index is 13.6. The molecule has 3 heteroatoms. The zero-order valence-electron chi connectivity index (χ0n) is 12.7. The van der Waals surface area contributed by atoms with E-state index >= 15 is 0 Å². The van der Waals surface area contributed by atoms with Gasteiger partial charge in [-0.1, -0.05) is 61.8 Å². The van der Waals surface area contributed by atoms with Crippen LogP contribution in [-0.4, -0.2) is 7.05 Å². The van der Waals surface area contributed by atoms with Gasteiger partial charge in [-0.3, -0.25) is 0 Å². The highest BCUT2D eigenvalue weighted by molar-refractivity contribution is 6.31. The lowest BCUT2D eigenvalue weighted by Crippen LogP contribution is -2.19. The molecule has 0 amide bonds. The molecule has 0 aliphatic carbocycles. The van der Waals surface area contributed by atoms with Crippen molar-refractivity contribution in [2.24, 2.45) is 0 Å². The molecule has 21 heavy (non-hydrogen) atoms. The minimum Gasteiger partial charge on any atom is -0.313 e. The molecule has 0 aromatic heterocycles. The van der Waals surface area contributed by atoms with Crippen LogP contribution in [0.3, 0.4) is 0 Å². The second kappa shape index (κ2) is 7.06. The summed E-state index contributed by atoms with van der Waals surface area (Å²) in [5.41, 5.74) is 3.33. The van der Waals surface area contributed by atoms with Gasteiger partial charge in [0.2, 0.25) is 0 Å². The normalized spacial score (nSPS) is 12.7. The lowest BCUT2D eigenvalue weighted by molar-refractivity contribution is 0.577. The zero-order valence-corrected chi connectivity index (χ0v) is 13.4. The van der Waals surface area contributed by atoms with E-state index in [9.17, 15) is 4.39 Å². The highest BCUT2D eigenvalue weighted by Gasteiger charge is 2.16. The smallest absolute Gasteiger partial charge is 0.142 e. The van der Waals surface area contributed by atoms with Crippen molar-refractivity contribution in [3.05, 3.63) is 70.0 Å². The number of benzene rings is 2. The maximum atomic E-state index is 13.6. The fourth-order valence-electron chi connectivity index (χ4n) is 2.43. The second-order valence-corrected chi connectivity index (χ2v) is 5.96. The van der Waals surface area contributed by atoms with Gasteiger partial charge in [0.1, 0.15) is 5.82 Å². The highest BCUT2D eigenvalue weighted by atomic mass is 35.5. The lowest BCUT2D eigenvalue weighted by Gasteiger charge is -2.19. The Bertz CT molecular complexity index is 593. The molecule has 0 heterocycles. The highest BCUT2D eigenvalue weighted by Crippen LogP contribution is 2.28. The van der Waals surface area contributed by atoms with Gasteiger partial charge in [0.15, 0.2) is 0 Å². The Hall–Kier alpha value is -1.38. The third kappa shape index (κ3) is 3.84. The van der Waals surface area contributed by atoms with E-state index in [1.54, 1.807) is 6.07 Å². The molecule has 0 aliphatic rings. The molecule has 2 aromatic carbocycles. The van der Waals surface area contributed by atoms with Crippen LogP contribution < -0.4 is 5.32 Å². The van der Waals surface area contributed by atoms with Crippen molar-refractivity contribution in [2.45, 2.75) is 32.2 Å². The van der Waals surface area contributed by atoms with Crippen molar-refractivity contribution in [1.82, 2.24) is 5.32 Å². The molecular formula is C18H21ClFN. The quantitative estimate of drug-likeness (QED) is 0.810. The first-order valence-corrected chi connectivity index (χ1v) is 7.60. The van der Waals surface area contributed by atoms with Crippen LogP contribution >= 0.6 is 11.6 Å². The van der Waals surface area contributed by atoms with Crippen molar-refractivity contribution in [1.29, 1.82) is 0 Å². The van der Waals surface area contributed by atoms with Gasteiger partial charge in [-0.2, -0.15) is 0 Å². The van der Waals surface area contributed by atoms with Gasteiger partial charge in [0, 0.05) is 6.04 Å². The van der Waals surface area contributed by atoms with Crippen LogP contribution in [0.25, 0.3) is 0 Å². The number of likely N-dealkylation sites (N-methyl/N-ethyl adjacent to an activating group) is 1. The third-order valence-electron chi connectivity index (χ3n) is 3.79.